The molecule has 0 radical (unpaired) electrons. The predicted molar refractivity (Wildman–Crippen MR) is 85.5 cm³/mol. The molecule has 1 amide bonds. The minimum absolute atomic E-state index is 0.0618. The van der Waals surface area contributed by atoms with E-state index in [1.54, 1.807) is 25.3 Å². The van der Waals surface area contributed by atoms with Gasteiger partial charge in [-0.1, -0.05) is 26.2 Å². The summed E-state index contributed by atoms with van der Waals surface area (Å²) in [4.78, 5) is 12.1. The number of nitrogens with one attached hydrogen (secondary N) is 1. The first-order valence-corrected chi connectivity index (χ1v) is 7.82. The number of nitrogen functional groups attached to an aromatic ring is 1. The third-order valence-corrected chi connectivity index (χ3v) is 4.38. The highest BCUT2D eigenvalue weighted by atomic mass is 16.5. The number of ether oxygens (including phenoxy) is 1. The van der Waals surface area contributed by atoms with Crippen molar-refractivity contribution < 1.29 is 9.53 Å². The zero-order chi connectivity index (χ0) is 15.2. The third kappa shape index (κ3) is 4.38. The first-order valence-electron chi connectivity index (χ1n) is 7.82. The molecule has 4 nitrogen and oxygen atoms in total. The zero-order valence-corrected chi connectivity index (χ0v) is 13.0. The Hall–Kier alpha value is -1.71. The summed E-state index contributed by atoms with van der Waals surface area (Å²) >= 11 is 0. The van der Waals surface area contributed by atoms with Crippen LogP contribution in [0.2, 0.25) is 0 Å². The lowest BCUT2D eigenvalue weighted by Gasteiger charge is -2.26. The molecular formula is C17H26N2O2. The number of carbonyl (C=O) groups is 1. The van der Waals surface area contributed by atoms with Crippen molar-refractivity contribution in [1.82, 2.24) is 5.32 Å². The summed E-state index contributed by atoms with van der Waals surface area (Å²) in [6.07, 6.45) is 6.35. The van der Waals surface area contributed by atoms with E-state index in [0.29, 0.717) is 17.0 Å². The average molecular weight is 290 g/mol. The molecule has 1 fully saturated rings. The van der Waals surface area contributed by atoms with Crippen molar-refractivity contribution in [2.75, 3.05) is 19.4 Å². The maximum Gasteiger partial charge on any atom is 0.251 e. The number of methoxy groups -OCH3 is 1. The quantitative estimate of drug-likeness (QED) is 0.818. The van der Waals surface area contributed by atoms with Gasteiger partial charge in [0, 0.05) is 12.1 Å². The standard InChI is InChI=1S/C17H26N2O2/c1-12-4-3-5-13(10-12)8-9-19-17(20)14-6-7-16(21-2)15(18)11-14/h6-7,11-13H,3-5,8-10,18H2,1-2H3,(H,19,20). The topological polar surface area (TPSA) is 64.3 Å². The van der Waals surface area contributed by atoms with Gasteiger partial charge in [0.05, 0.1) is 12.8 Å². The summed E-state index contributed by atoms with van der Waals surface area (Å²) in [5.74, 6) is 2.13. The van der Waals surface area contributed by atoms with Crippen molar-refractivity contribution in [3.8, 4) is 5.75 Å². The van der Waals surface area contributed by atoms with Crippen LogP contribution in [0.1, 0.15) is 49.4 Å². The first kappa shape index (κ1) is 15.7. The normalized spacial score (nSPS) is 21.8. The lowest BCUT2D eigenvalue weighted by Crippen LogP contribution is -2.27. The van der Waals surface area contributed by atoms with Crippen LogP contribution in [-0.4, -0.2) is 19.6 Å². The number of carbonyl (C=O) groups excluding carboxylic acids is 1. The molecule has 1 aliphatic rings. The predicted octanol–water partition coefficient (Wildman–Crippen LogP) is 3.22. The molecule has 1 aromatic rings. The Morgan fingerprint density at radius 2 is 2.24 bits per heavy atom. The third-order valence-electron chi connectivity index (χ3n) is 4.38. The smallest absolute Gasteiger partial charge is 0.251 e. The fourth-order valence-corrected chi connectivity index (χ4v) is 3.19. The van der Waals surface area contributed by atoms with E-state index in [-0.39, 0.29) is 5.91 Å². The number of anilines is 1. The summed E-state index contributed by atoms with van der Waals surface area (Å²) < 4.78 is 5.09. The molecular weight excluding hydrogens is 264 g/mol. The van der Waals surface area contributed by atoms with Gasteiger partial charge < -0.3 is 15.8 Å². The highest BCUT2D eigenvalue weighted by Crippen LogP contribution is 2.30. The summed E-state index contributed by atoms with van der Waals surface area (Å²) in [6, 6.07) is 5.14. The number of rotatable bonds is 5. The molecule has 3 N–H and O–H groups in total. The van der Waals surface area contributed by atoms with E-state index in [9.17, 15) is 4.79 Å². The van der Waals surface area contributed by atoms with Gasteiger partial charge in [0.25, 0.3) is 5.91 Å². The van der Waals surface area contributed by atoms with Crippen molar-refractivity contribution in [2.24, 2.45) is 11.8 Å². The molecule has 0 aromatic heterocycles. The van der Waals surface area contributed by atoms with Gasteiger partial charge in [-0.15, -0.1) is 0 Å². The fraction of sp³-hybridized carbons (Fsp3) is 0.588. The van der Waals surface area contributed by atoms with Crippen LogP contribution in [0.4, 0.5) is 5.69 Å². The molecule has 116 valence electrons. The van der Waals surface area contributed by atoms with Gasteiger partial charge in [0.1, 0.15) is 5.75 Å². The van der Waals surface area contributed by atoms with Crippen LogP contribution in [-0.2, 0) is 0 Å². The Kier molecular flexibility index (Phi) is 5.48. The minimum atomic E-state index is -0.0618. The second kappa shape index (κ2) is 7.34. The first-order chi connectivity index (χ1) is 10.1. The lowest BCUT2D eigenvalue weighted by molar-refractivity contribution is 0.0949. The Morgan fingerprint density at radius 3 is 2.90 bits per heavy atom. The molecule has 2 rings (SSSR count). The summed E-state index contributed by atoms with van der Waals surface area (Å²) in [5.41, 5.74) is 6.91. The molecule has 21 heavy (non-hydrogen) atoms. The van der Waals surface area contributed by atoms with E-state index in [4.69, 9.17) is 10.5 Å². The second-order valence-corrected chi connectivity index (χ2v) is 6.14. The molecule has 0 heterocycles. The van der Waals surface area contributed by atoms with Gasteiger partial charge in [-0.05, 0) is 42.9 Å². The minimum Gasteiger partial charge on any atom is -0.495 e. The van der Waals surface area contributed by atoms with Crippen molar-refractivity contribution in [1.29, 1.82) is 0 Å². The van der Waals surface area contributed by atoms with E-state index >= 15 is 0 Å². The van der Waals surface area contributed by atoms with E-state index in [2.05, 4.69) is 12.2 Å². The number of hydrogen-bond donors (Lipinski definition) is 2. The van der Waals surface area contributed by atoms with Gasteiger partial charge in [-0.2, -0.15) is 0 Å². The molecule has 2 atom stereocenters. The summed E-state index contributed by atoms with van der Waals surface area (Å²) in [5, 5.41) is 2.99. The van der Waals surface area contributed by atoms with E-state index in [0.717, 1.165) is 24.8 Å². The van der Waals surface area contributed by atoms with Crippen molar-refractivity contribution in [2.45, 2.75) is 39.0 Å². The van der Waals surface area contributed by atoms with Crippen LogP contribution >= 0.6 is 0 Å². The van der Waals surface area contributed by atoms with Gasteiger partial charge in [-0.3, -0.25) is 4.79 Å². The Bertz CT molecular complexity index is 488. The average Bonchev–Trinajstić information content (AvgIpc) is 2.47. The van der Waals surface area contributed by atoms with Crippen molar-refractivity contribution in [3.63, 3.8) is 0 Å². The molecule has 1 aliphatic carbocycles. The highest BCUT2D eigenvalue weighted by Gasteiger charge is 2.18. The van der Waals surface area contributed by atoms with Crippen molar-refractivity contribution >= 4 is 11.6 Å². The van der Waals surface area contributed by atoms with Crippen LogP contribution in [0.5, 0.6) is 5.75 Å². The van der Waals surface area contributed by atoms with Crippen LogP contribution in [0.25, 0.3) is 0 Å². The maximum absolute atomic E-state index is 12.1. The lowest BCUT2D eigenvalue weighted by atomic mass is 9.81. The van der Waals surface area contributed by atoms with E-state index in [1.807, 2.05) is 0 Å². The SMILES string of the molecule is COc1ccc(C(=O)NCCC2CCCC(C)C2)cc1N. The zero-order valence-electron chi connectivity index (χ0n) is 13.0. The molecule has 0 spiro atoms. The van der Waals surface area contributed by atoms with Crippen LogP contribution in [0, 0.1) is 11.8 Å². The van der Waals surface area contributed by atoms with Crippen LogP contribution in [0.3, 0.4) is 0 Å². The van der Waals surface area contributed by atoms with E-state index < -0.39 is 0 Å². The molecule has 4 heteroatoms. The Labute approximate surface area is 127 Å². The monoisotopic (exact) mass is 290 g/mol. The molecule has 0 saturated heterocycles. The Balaban J connectivity index is 1.80. The number of hydrogen-bond acceptors (Lipinski definition) is 3. The molecule has 2 unspecified atom stereocenters. The maximum atomic E-state index is 12.1. The second-order valence-electron chi connectivity index (χ2n) is 6.14. The van der Waals surface area contributed by atoms with Gasteiger partial charge in [0.2, 0.25) is 0 Å². The highest BCUT2D eigenvalue weighted by molar-refractivity contribution is 5.95. The Morgan fingerprint density at radius 1 is 1.43 bits per heavy atom. The number of benzene rings is 1. The molecule has 0 bridgehead atoms. The fourth-order valence-electron chi connectivity index (χ4n) is 3.19. The molecule has 1 saturated carbocycles. The largest absolute Gasteiger partial charge is 0.495 e. The van der Waals surface area contributed by atoms with E-state index in [1.165, 1.54) is 25.7 Å². The number of amides is 1. The molecule has 0 aliphatic heterocycles. The molecule has 1 aromatic carbocycles. The summed E-state index contributed by atoms with van der Waals surface area (Å²) in [7, 11) is 1.57. The number of nitrogens with two attached hydrogens (primary N) is 1. The van der Waals surface area contributed by atoms with Gasteiger partial charge >= 0.3 is 0 Å². The van der Waals surface area contributed by atoms with Crippen LogP contribution < -0.4 is 15.8 Å². The summed E-state index contributed by atoms with van der Waals surface area (Å²) in [6.45, 7) is 3.06. The van der Waals surface area contributed by atoms with Gasteiger partial charge in [0.15, 0.2) is 0 Å². The van der Waals surface area contributed by atoms with Gasteiger partial charge in [-0.25, -0.2) is 0 Å². The van der Waals surface area contributed by atoms with Crippen molar-refractivity contribution in [3.05, 3.63) is 23.8 Å². The van der Waals surface area contributed by atoms with Crippen LogP contribution in [0.15, 0.2) is 18.2 Å².